The first-order valence-corrected chi connectivity index (χ1v) is 8.36. The summed E-state index contributed by atoms with van der Waals surface area (Å²) in [6, 6.07) is 0.432. The van der Waals surface area contributed by atoms with Gasteiger partial charge in [-0.1, -0.05) is 0 Å². The summed E-state index contributed by atoms with van der Waals surface area (Å²) >= 11 is 1.89. The zero-order valence-corrected chi connectivity index (χ0v) is 12.1. The van der Waals surface area contributed by atoms with Gasteiger partial charge in [0.2, 0.25) is 0 Å². The van der Waals surface area contributed by atoms with E-state index in [1.165, 1.54) is 5.75 Å². The van der Waals surface area contributed by atoms with Gasteiger partial charge in [-0.3, -0.25) is 11.3 Å². The zero-order valence-electron chi connectivity index (χ0n) is 11.3. The number of nitrogens with two attached hydrogens (primary N) is 1. The molecule has 0 radical (unpaired) electrons. The van der Waals surface area contributed by atoms with E-state index in [0.717, 1.165) is 51.9 Å². The molecule has 1 spiro atoms. The summed E-state index contributed by atoms with van der Waals surface area (Å²) in [6.45, 7) is 2.57. The van der Waals surface area contributed by atoms with E-state index in [1.54, 1.807) is 0 Å². The van der Waals surface area contributed by atoms with E-state index in [9.17, 15) is 0 Å². The van der Waals surface area contributed by atoms with Gasteiger partial charge >= 0.3 is 0 Å². The fourth-order valence-corrected chi connectivity index (χ4v) is 3.69. The predicted octanol–water partition coefficient (Wildman–Crippen LogP) is 1.55. The number of hydrazine groups is 1. The Labute approximate surface area is 114 Å². The minimum absolute atomic E-state index is 0.0790. The third-order valence-electron chi connectivity index (χ3n) is 4.35. The van der Waals surface area contributed by atoms with Gasteiger partial charge < -0.3 is 9.47 Å². The molecule has 0 amide bonds. The minimum Gasteiger partial charge on any atom is -0.381 e. The predicted molar refractivity (Wildman–Crippen MR) is 75.6 cm³/mol. The van der Waals surface area contributed by atoms with Crippen LogP contribution in [0.1, 0.15) is 32.1 Å². The van der Waals surface area contributed by atoms with Crippen molar-refractivity contribution in [2.45, 2.75) is 43.7 Å². The topological polar surface area (TPSA) is 56.5 Å². The number of ether oxygens (including phenoxy) is 2. The molecule has 3 N–H and O–H groups in total. The van der Waals surface area contributed by atoms with E-state index in [2.05, 4.69) is 11.7 Å². The molecule has 106 valence electrons. The Bertz CT molecular complexity index is 242. The highest BCUT2D eigenvalue weighted by atomic mass is 32.2. The van der Waals surface area contributed by atoms with Crippen molar-refractivity contribution in [3.05, 3.63) is 0 Å². The molecule has 0 aromatic heterocycles. The second kappa shape index (κ2) is 7.10. The fraction of sp³-hybridized carbons (Fsp3) is 1.00. The molecule has 5 heteroatoms. The Balaban J connectivity index is 1.91. The lowest BCUT2D eigenvalue weighted by molar-refractivity contribution is -0.150. The molecule has 2 fully saturated rings. The molecule has 0 aliphatic carbocycles. The van der Waals surface area contributed by atoms with Crippen molar-refractivity contribution in [1.82, 2.24) is 5.43 Å². The van der Waals surface area contributed by atoms with Crippen LogP contribution in [-0.2, 0) is 9.47 Å². The molecular weight excluding hydrogens is 248 g/mol. The van der Waals surface area contributed by atoms with Crippen molar-refractivity contribution in [3.63, 3.8) is 0 Å². The van der Waals surface area contributed by atoms with Gasteiger partial charge in [-0.25, -0.2) is 0 Å². The summed E-state index contributed by atoms with van der Waals surface area (Å²) in [5.41, 5.74) is 3.11. The third-order valence-corrected chi connectivity index (χ3v) is 5.00. The van der Waals surface area contributed by atoms with Crippen LogP contribution in [0, 0.1) is 5.92 Å². The van der Waals surface area contributed by atoms with E-state index in [4.69, 9.17) is 15.3 Å². The highest BCUT2D eigenvalue weighted by molar-refractivity contribution is 7.98. The van der Waals surface area contributed by atoms with Crippen LogP contribution in [0.5, 0.6) is 0 Å². The molecule has 2 unspecified atom stereocenters. The summed E-state index contributed by atoms with van der Waals surface area (Å²) < 4.78 is 11.5. The van der Waals surface area contributed by atoms with Gasteiger partial charge in [0, 0.05) is 25.9 Å². The Hall–Kier alpha value is 0.190. The van der Waals surface area contributed by atoms with Crippen LogP contribution in [0.2, 0.25) is 0 Å². The number of thioether (sulfide) groups is 1. The molecule has 0 saturated carbocycles. The molecule has 0 aromatic rings. The molecule has 2 rings (SSSR count). The summed E-state index contributed by atoms with van der Waals surface area (Å²) in [7, 11) is 0. The van der Waals surface area contributed by atoms with Gasteiger partial charge in [-0.2, -0.15) is 11.8 Å². The van der Waals surface area contributed by atoms with Crippen molar-refractivity contribution in [2.24, 2.45) is 11.8 Å². The standard InChI is InChI=1S/C13H26N2O2S/c1-18-9-3-12(15-14)11-2-6-17-13(10-11)4-7-16-8-5-13/h11-12,15H,2-10,14H2,1H3. The molecule has 2 saturated heterocycles. The highest BCUT2D eigenvalue weighted by Crippen LogP contribution is 2.38. The van der Waals surface area contributed by atoms with Crippen molar-refractivity contribution >= 4 is 11.8 Å². The van der Waals surface area contributed by atoms with Crippen LogP contribution < -0.4 is 11.3 Å². The van der Waals surface area contributed by atoms with E-state index in [1.807, 2.05) is 11.8 Å². The molecule has 0 bridgehead atoms. The molecule has 18 heavy (non-hydrogen) atoms. The summed E-state index contributed by atoms with van der Waals surface area (Å²) in [5, 5.41) is 0. The molecule has 2 aliphatic heterocycles. The Morgan fingerprint density at radius 3 is 2.83 bits per heavy atom. The second-order valence-corrected chi connectivity index (χ2v) is 6.44. The van der Waals surface area contributed by atoms with Gasteiger partial charge in [0.05, 0.1) is 5.60 Å². The van der Waals surface area contributed by atoms with Crippen LogP contribution in [0.3, 0.4) is 0 Å². The highest BCUT2D eigenvalue weighted by Gasteiger charge is 2.40. The van der Waals surface area contributed by atoms with Crippen LogP contribution in [-0.4, -0.2) is 43.5 Å². The molecular formula is C13H26N2O2S. The van der Waals surface area contributed by atoms with Gasteiger partial charge in [0.1, 0.15) is 0 Å². The average molecular weight is 274 g/mol. The largest absolute Gasteiger partial charge is 0.381 e. The van der Waals surface area contributed by atoms with Crippen LogP contribution in [0.15, 0.2) is 0 Å². The van der Waals surface area contributed by atoms with Gasteiger partial charge in [0.25, 0.3) is 0 Å². The molecule has 2 atom stereocenters. The summed E-state index contributed by atoms with van der Waals surface area (Å²) in [5.74, 6) is 7.55. The summed E-state index contributed by atoms with van der Waals surface area (Å²) in [6.07, 6.45) is 7.66. The van der Waals surface area contributed by atoms with E-state index in [-0.39, 0.29) is 5.60 Å². The van der Waals surface area contributed by atoms with Gasteiger partial charge in [0.15, 0.2) is 0 Å². The molecule has 4 nitrogen and oxygen atoms in total. The molecule has 2 aliphatic rings. The smallest absolute Gasteiger partial charge is 0.0729 e. The number of nitrogens with one attached hydrogen (secondary N) is 1. The number of hydrogen-bond acceptors (Lipinski definition) is 5. The maximum Gasteiger partial charge on any atom is 0.0729 e. The number of hydrogen-bond donors (Lipinski definition) is 2. The van der Waals surface area contributed by atoms with E-state index >= 15 is 0 Å². The van der Waals surface area contributed by atoms with Crippen molar-refractivity contribution in [2.75, 3.05) is 31.8 Å². The molecule has 0 aromatic carbocycles. The Kier molecular flexibility index (Phi) is 5.76. The Morgan fingerprint density at radius 2 is 2.17 bits per heavy atom. The van der Waals surface area contributed by atoms with Gasteiger partial charge in [-0.05, 0) is 50.0 Å². The first kappa shape index (κ1) is 14.6. The van der Waals surface area contributed by atoms with Crippen molar-refractivity contribution in [3.8, 4) is 0 Å². The van der Waals surface area contributed by atoms with Gasteiger partial charge in [-0.15, -0.1) is 0 Å². The first-order valence-electron chi connectivity index (χ1n) is 6.96. The summed E-state index contributed by atoms with van der Waals surface area (Å²) in [4.78, 5) is 0. The maximum absolute atomic E-state index is 6.08. The quantitative estimate of drug-likeness (QED) is 0.588. The normalized spacial score (nSPS) is 29.3. The van der Waals surface area contributed by atoms with Crippen molar-refractivity contribution < 1.29 is 9.47 Å². The second-order valence-electron chi connectivity index (χ2n) is 5.45. The number of rotatable bonds is 5. The lowest BCUT2D eigenvalue weighted by Crippen LogP contribution is -2.50. The average Bonchev–Trinajstić information content (AvgIpc) is 2.41. The maximum atomic E-state index is 6.08. The Morgan fingerprint density at radius 1 is 1.39 bits per heavy atom. The van der Waals surface area contributed by atoms with Crippen molar-refractivity contribution in [1.29, 1.82) is 0 Å². The van der Waals surface area contributed by atoms with Crippen LogP contribution in [0.25, 0.3) is 0 Å². The molecule has 2 heterocycles. The van der Waals surface area contributed by atoms with E-state index < -0.39 is 0 Å². The van der Waals surface area contributed by atoms with Crippen LogP contribution in [0.4, 0.5) is 0 Å². The SMILES string of the molecule is CSCCC(NN)C1CCOC2(CCOCC2)C1. The fourth-order valence-electron chi connectivity index (χ4n) is 3.20. The van der Waals surface area contributed by atoms with Crippen LogP contribution >= 0.6 is 11.8 Å². The van der Waals surface area contributed by atoms with E-state index in [0.29, 0.717) is 12.0 Å². The first-order chi connectivity index (χ1) is 8.79. The lowest BCUT2D eigenvalue weighted by atomic mass is 9.77. The zero-order chi connectivity index (χ0) is 12.8. The monoisotopic (exact) mass is 274 g/mol. The lowest BCUT2D eigenvalue weighted by Gasteiger charge is -2.45. The minimum atomic E-state index is 0.0790. The third kappa shape index (κ3) is 3.61.